The Labute approximate surface area is 138 Å². The Bertz CT molecular complexity index is 489. The van der Waals surface area contributed by atoms with Crippen molar-refractivity contribution < 1.29 is 4.79 Å². The Kier molecular flexibility index (Phi) is 5.29. The summed E-state index contributed by atoms with van der Waals surface area (Å²) in [5, 5.41) is 0. The molecule has 0 N–H and O–H groups in total. The molecule has 0 unspecified atom stereocenters. The molecule has 1 aromatic carbocycles. The van der Waals surface area contributed by atoms with Crippen molar-refractivity contribution in [1.29, 1.82) is 0 Å². The van der Waals surface area contributed by atoms with Crippen molar-refractivity contribution in [3.63, 3.8) is 0 Å². The molecular formula is C18H26N2OS. The van der Waals surface area contributed by atoms with Crippen molar-refractivity contribution in [2.45, 2.75) is 19.3 Å². The van der Waals surface area contributed by atoms with Crippen LogP contribution in [0.5, 0.6) is 0 Å². The van der Waals surface area contributed by atoms with Gasteiger partial charge in [0.25, 0.3) is 0 Å². The molecule has 1 saturated heterocycles. The first-order valence-corrected chi connectivity index (χ1v) is 9.49. The molecule has 2 fully saturated rings. The van der Waals surface area contributed by atoms with Gasteiger partial charge in [-0.2, -0.15) is 11.8 Å². The minimum absolute atomic E-state index is 0.295. The first kappa shape index (κ1) is 15.7. The summed E-state index contributed by atoms with van der Waals surface area (Å²) in [4.78, 5) is 16.6. The molecule has 3 rings (SSSR count). The van der Waals surface area contributed by atoms with Crippen molar-refractivity contribution in [3.8, 4) is 0 Å². The van der Waals surface area contributed by atoms with Crippen molar-refractivity contribution in [2.24, 2.45) is 11.8 Å². The average molecular weight is 318 g/mol. The summed E-state index contributed by atoms with van der Waals surface area (Å²) in [5.74, 6) is 3.62. The van der Waals surface area contributed by atoms with Crippen LogP contribution in [-0.2, 0) is 4.79 Å². The van der Waals surface area contributed by atoms with Gasteiger partial charge in [0.1, 0.15) is 0 Å². The summed E-state index contributed by atoms with van der Waals surface area (Å²) in [7, 11) is 1.96. The summed E-state index contributed by atoms with van der Waals surface area (Å²) < 4.78 is 0. The molecule has 120 valence electrons. The zero-order valence-electron chi connectivity index (χ0n) is 13.4. The van der Waals surface area contributed by atoms with Gasteiger partial charge in [-0.1, -0.05) is 18.2 Å². The number of thioether (sulfide) groups is 1. The SMILES string of the molecule is CN(C[C@H]1CCN(c2ccccc2)C1)C(=O)CSCC1CC1. The van der Waals surface area contributed by atoms with E-state index in [-0.39, 0.29) is 0 Å². The maximum atomic E-state index is 12.2. The second-order valence-electron chi connectivity index (χ2n) is 6.67. The monoisotopic (exact) mass is 318 g/mol. The van der Waals surface area contributed by atoms with Crippen LogP contribution in [0.4, 0.5) is 5.69 Å². The maximum absolute atomic E-state index is 12.2. The fourth-order valence-electron chi connectivity index (χ4n) is 3.05. The van der Waals surface area contributed by atoms with Crippen LogP contribution in [0, 0.1) is 11.8 Å². The molecule has 22 heavy (non-hydrogen) atoms. The van der Waals surface area contributed by atoms with E-state index in [1.54, 1.807) is 0 Å². The number of para-hydroxylation sites is 1. The second kappa shape index (κ2) is 7.40. The number of nitrogens with zero attached hydrogens (tertiary/aromatic N) is 2. The van der Waals surface area contributed by atoms with E-state index in [0.717, 1.165) is 25.6 Å². The molecule has 1 aliphatic carbocycles. The number of anilines is 1. The fourth-order valence-corrected chi connectivity index (χ4v) is 4.23. The number of benzene rings is 1. The van der Waals surface area contributed by atoms with Crippen molar-refractivity contribution in [3.05, 3.63) is 30.3 Å². The van der Waals surface area contributed by atoms with Gasteiger partial charge in [-0.25, -0.2) is 0 Å². The Balaban J connectivity index is 1.40. The summed E-state index contributed by atoms with van der Waals surface area (Å²) >= 11 is 1.81. The minimum Gasteiger partial charge on any atom is -0.371 e. The van der Waals surface area contributed by atoms with Gasteiger partial charge in [0.15, 0.2) is 0 Å². The normalized spacial score (nSPS) is 21.1. The lowest BCUT2D eigenvalue weighted by Gasteiger charge is -2.22. The van der Waals surface area contributed by atoms with Crippen LogP contribution in [-0.4, -0.2) is 49.0 Å². The quantitative estimate of drug-likeness (QED) is 0.772. The van der Waals surface area contributed by atoms with E-state index < -0.39 is 0 Å². The van der Waals surface area contributed by atoms with Gasteiger partial charge in [-0.3, -0.25) is 4.79 Å². The van der Waals surface area contributed by atoms with E-state index in [0.29, 0.717) is 17.6 Å². The Morgan fingerprint density at radius 2 is 2.00 bits per heavy atom. The lowest BCUT2D eigenvalue weighted by molar-refractivity contribution is -0.127. The largest absolute Gasteiger partial charge is 0.371 e. The van der Waals surface area contributed by atoms with E-state index in [1.165, 1.54) is 30.7 Å². The smallest absolute Gasteiger partial charge is 0.232 e. The standard InChI is InChI=1S/C18H26N2OS/c1-19(18(21)14-22-13-15-7-8-15)11-16-9-10-20(12-16)17-5-3-2-4-6-17/h2-6,15-16H,7-14H2,1H3/t16-/m1/s1. The Hall–Kier alpha value is -1.16. The van der Waals surface area contributed by atoms with Crippen LogP contribution in [0.2, 0.25) is 0 Å². The molecule has 3 nitrogen and oxygen atoms in total. The molecule has 4 heteroatoms. The van der Waals surface area contributed by atoms with Crippen molar-refractivity contribution >= 4 is 23.4 Å². The van der Waals surface area contributed by atoms with E-state index >= 15 is 0 Å². The van der Waals surface area contributed by atoms with E-state index in [9.17, 15) is 4.79 Å². The molecule has 2 aliphatic rings. The molecule has 0 aromatic heterocycles. The predicted octanol–water partition coefficient (Wildman–Crippen LogP) is 3.11. The number of rotatable bonds is 7. The van der Waals surface area contributed by atoms with Crippen LogP contribution in [0.25, 0.3) is 0 Å². The lowest BCUT2D eigenvalue weighted by Crippen LogP contribution is -2.34. The predicted molar refractivity (Wildman–Crippen MR) is 94.4 cm³/mol. The van der Waals surface area contributed by atoms with Crippen LogP contribution in [0.1, 0.15) is 19.3 Å². The first-order chi connectivity index (χ1) is 10.7. The highest BCUT2D eigenvalue weighted by Crippen LogP contribution is 2.32. The zero-order valence-corrected chi connectivity index (χ0v) is 14.2. The van der Waals surface area contributed by atoms with Crippen LogP contribution in [0.15, 0.2) is 30.3 Å². The average Bonchev–Trinajstić information content (AvgIpc) is 3.25. The van der Waals surface area contributed by atoms with E-state index in [2.05, 4.69) is 35.2 Å². The van der Waals surface area contributed by atoms with E-state index in [1.807, 2.05) is 23.7 Å². The van der Waals surface area contributed by atoms with Gasteiger partial charge in [-0.15, -0.1) is 0 Å². The van der Waals surface area contributed by atoms with Crippen LogP contribution >= 0.6 is 11.8 Å². The van der Waals surface area contributed by atoms with Gasteiger partial charge in [0.2, 0.25) is 5.91 Å². The first-order valence-electron chi connectivity index (χ1n) is 8.34. The third kappa shape index (κ3) is 4.42. The highest BCUT2D eigenvalue weighted by Gasteiger charge is 2.25. The highest BCUT2D eigenvalue weighted by atomic mass is 32.2. The molecule has 1 saturated carbocycles. The van der Waals surface area contributed by atoms with Gasteiger partial charge in [0, 0.05) is 32.4 Å². The van der Waals surface area contributed by atoms with Crippen molar-refractivity contribution in [1.82, 2.24) is 4.90 Å². The van der Waals surface area contributed by atoms with E-state index in [4.69, 9.17) is 0 Å². The molecular weight excluding hydrogens is 292 g/mol. The zero-order chi connectivity index (χ0) is 15.4. The molecule has 0 radical (unpaired) electrons. The third-order valence-corrected chi connectivity index (χ3v) is 5.80. The summed E-state index contributed by atoms with van der Waals surface area (Å²) in [6.45, 7) is 3.07. The molecule has 1 aliphatic heterocycles. The van der Waals surface area contributed by atoms with Gasteiger partial charge >= 0.3 is 0 Å². The molecule has 0 bridgehead atoms. The highest BCUT2D eigenvalue weighted by molar-refractivity contribution is 7.99. The molecule has 1 heterocycles. The maximum Gasteiger partial charge on any atom is 0.232 e. The van der Waals surface area contributed by atoms with Gasteiger partial charge in [0.05, 0.1) is 5.75 Å². The second-order valence-corrected chi connectivity index (χ2v) is 7.70. The van der Waals surface area contributed by atoms with Crippen LogP contribution in [0.3, 0.4) is 0 Å². The number of amides is 1. The molecule has 1 atom stereocenters. The number of hydrogen-bond acceptors (Lipinski definition) is 3. The van der Waals surface area contributed by atoms with Crippen LogP contribution < -0.4 is 4.90 Å². The van der Waals surface area contributed by atoms with Gasteiger partial charge < -0.3 is 9.80 Å². The molecule has 1 aromatic rings. The Morgan fingerprint density at radius 1 is 1.23 bits per heavy atom. The number of hydrogen-bond donors (Lipinski definition) is 0. The summed E-state index contributed by atoms with van der Waals surface area (Å²) in [6, 6.07) is 10.6. The molecule has 0 spiro atoms. The third-order valence-electron chi connectivity index (χ3n) is 4.64. The fraction of sp³-hybridized carbons (Fsp3) is 0.611. The summed E-state index contributed by atoms with van der Waals surface area (Å²) in [5.41, 5.74) is 1.30. The minimum atomic E-state index is 0.295. The Morgan fingerprint density at radius 3 is 2.73 bits per heavy atom. The summed E-state index contributed by atoms with van der Waals surface area (Å²) in [6.07, 6.45) is 3.92. The van der Waals surface area contributed by atoms with Crippen molar-refractivity contribution in [2.75, 3.05) is 43.1 Å². The topological polar surface area (TPSA) is 23.6 Å². The number of carbonyl (C=O) groups is 1. The van der Waals surface area contributed by atoms with Gasteiger partial charge in [-0.05, 0) is 49.0 Å². The molecule has 1 amide bonds. The number of carbonyl (C=O) groups excluding carboxylic acids is 1. The lowest BCUT2D eigenvalue weighted by atomic mass is 10.1.